The first-order valence-electron chi connectivity index (χ1n) is 4.28. The molecule has 3 aliphatic carbocycles. The van der Waals surface area contributed by atoms with Crippen molar-refractivity contribution in [2.24, 2.45) is 10.8 Å². The Labute approximate surface area is 67.5 Å². The monoisotopic (exact) mass is 150 g/mol. The number of hydrogen-bond acceptors (Lipinski definition) is 1. The Morgan fingerprint density at radius 2 is 2.00 bits per heavy atom. The highest BCUT2D eigenvalue weighted by molar-refractivity contribution is 5.89. The number of Topliss-reactive ketones (excluding diaryl/α,β-unsaturated/α-hetero) is 1. The summed E-state index contributed by atoms with van der Waals surface area (Å²) in [4.78, 5) is 11.5. The lowest BCUT2D eigenvalue weighted by molar-refractivity contribution is -0.131. The lowest BCUT2D eigenvalue weighted by Gasteiger charge is -2.44. The lowest BCUT2D eigenvalue weighted by Crippen LogP contribution is -2.41. The highest BCUT2D eigenvalue weighted by Gasteiger charge is 2.45. The van der Waals surface area contributed by atoms with Crippen LogP contribution in [0.5, 0.6) is 0 Å². The molecular weight excluding hydrogens is 136 g/mol. The predicted octanol–water partition coefficient (Wildman–Crippen LogP) is 2.32. The van der Waals surface area contributed by atoms with E-state index in [1.54, 1.807) is 0 Å². The van der Waals surface area contributed by atoms with Crippen molar-refractivity contribution < 1.29 is 4.79 Å². The molecule has 60 valence electrons. The molecule has 0 spiro atoms. The van der Waals surface area contributed by atoms with Gasteiger partial charge in [0.2, 0.25) is 0 Å². The maximum absolute atomic E-state index is 11.5. The molecular formula is C10H14O. The zero-order valence-electron chi connectivity index (χ0n) is 7.18. The molecule has 2 bridgehead atoms. The fraction of sp³-hybridized carbons (Fsp3) is 0.700. The van der Waals surface area contributed by atoms with E-state index in [1.807, 2.05) is 0 Å². The highest BCUT2D eigenvalue weighted by atomic mass is 16.1. The zero-order chi connectivity index (χ0) is 8.11. The normalized spacial score (nSPS) is 48.4. The van der Waals surface area contributed by atoms with E-state index in [1.165, 1.54) is 6.42 Å². The minimum Gasteiger partial charge on any atom is -0.299 e. The van der Waals surface area contributed by atoms with Gasteiger partial charge in [-0.25, -0.2) is 0 Å². The van der Waals surface area contributed by atoms with Crippen molar-refractivity contribution in [3.05, 3.63) is 12.2 Å². The number of carbonyl (C=O) groups is 1. The quantitative estimate of drug-likeness (QED) is 0.484. The van der Waals surface area contributed by atoms with Crippen LogP contribution in [0.2, 0.25) is 0 Å². The largest absolute Gasteiger partial charge is 0.299 e. The first-order valence-corrected chi connectivity index (χ1v) is 4.28. The summed E-state index contributed by atoms with van der Waals surface area (Å²) in [5, 5.41) is 0. The Balaban J connectivity index is 2.44. The molecule has 1 nitrogen and oxygen atoms in total. The van der Waals surface area contributed by atoms with Gasteiger partial charge in [-0.2, -0.15) is 0 Å². The van der Waals surface area contributed by atoms with Gasteiger partial charge in [-0.05, 0) is 25.2 Å². The van der Waals surface area contributed by atoms with Crippen LogP contribution in [-0.2, 0) is 4.79 Å². The molecule has 2 unspecified atom stereocenters. The summed E-state index contributed by atoms with van der Waals surface area (Å²) in [6.45, 7) is 4.24. The van der Waals surface area contributed by atoms with Crippen molar-refractivity contribution in [3.8, 4) is 0 Å². The second-order valence-corrected chi connectivity index (χ2v) is 4.50. The van der Waals surface area contributed by atoms with E-state index in [2.05, 4.69) is 26.0 Å². The van der Waals surface area contributed by atoms with Gasteiger partial charge in [-0.1, -0.05) is 19.1 Å². The van der Waals surface area contributed by atoms with Crippen molar-refractivity contribution in [2.75, 3.05) is 0 Å². The summed E-state index contributed by atoms with van der Waals surface area (Å²) in [7, 11) is 0. The number of hydrogen-bond donors (Lipinski definition) is 0. The molecule has 0 saturated heterocycles. The molecule has 3 rings (SSSR count). The molecule has 0 aromatic rings. The van der Waals surface area contributed by atoms with Crippen LogP contribution in [0.15, 0.2) is 12.2 Å². The van der Waals surface area contributed by atoms with Gasteiger partial charge in [0.25, 0.3) is 0 Å². The maximum Gasteiger partial charge on any atom is 0.143 e. The molecule has 1 fully saturated rings. The van der Waals surface area contributed by atoms with Crippen LogP contribution in [0, 0.1) is 10.8 Å². The second kappa shape index (κ2) is 1.77. The van der Waals surface area contributed by atoms with Crippen LogP contribution >= 0.6 is 0 Å². The molecule has 0 aliphatic heterocycles. The summed E-state index contributed by atoms with van der Waals surface area (Å²) >= 11 is 0. The number of carbonyl (C=O) groups excluding carboxylic acids is 1. The summed E-state index contributed by atoms with van der Waals surface area (Å²) in [6, 6.07) is 0. The van der Waals surface area contributed by atoms with E-state index < -0.39 is 0 Å². The van der Waals surface area contributed by atoms with Crippen LogP contribution in [0.25, 0.3) is 0 Å². The molecule has 0 heterocycles. The van der Waals surface area contributed by atoms with Gasteiger partial charge in [0.05, 0.1) is 0 Å². The van der Waals surface area contributed by atoms with Crippen molar-refractivity contribution in [1.29, 1.82) is 0 Å². The van der Waals surface area contributed by atoms with Gasteiger partial charge >= 0.3 is 0 Å². The Bertz CT molecular complexity index is 241. The van der Waals surface area contributed by atoms with Gasteiger partial charge in [-0.15, -0.1) is 0 Å². The lowest BCUT2D eigenvalue weighted by atomic mass is 9.59. The van der Waals surface area contributed by atoms with Gasteiger partial charge in [0, 0.05) is 11.8 Å². The van der Waals surface area contributed by atoms with E-state index >= 15 is 0 Å². The van der Waals surface area contributed by atoms with Crippen molar-refractivity contribution >= 4 is 5.78 Å². The molecule has 0 aromatic heterocycles. The number of fused-ring (bicyclic) bond motifs is 2. The van der Waals surface area contributed by atoms with Crippen molar-refractivity contribution in [1.82, 2.24) is 0 Å². The summed E-state index contributed by atoms with van der Waals surface area (Å²) < 4.78 is 0. The fourth-order valence-corrected chi connectivity index (χ4v) is 2.05. The maximum atomic E-state index is 11.5. The molecule has 2 atom stereocenters. The Morgan fingerprint density at radius 3 is 2.36 bits per heavy atom. The van der Waals surface area contributed by atoms with Crippen LogP contribution in [0.3, 0.4) is 0 Å². The molecule has 1 saturated carbocycles. The third-order valence-electron chi connectivity index (χ3n) is 3.27. The third-order valence-corrected chi connectivity index (χ3v) is 3.27. The first kappa shape index (κ1) is 7.08. The highest BCUT2D eigenvalue weighted by Crippen LogP contribution is 2.49. The Morgan fingerprint density at radius 1 is 1.27 bits per heavy atom. The standard InChI is InChI=1S/C10H14O/c1-9-3-5-10(2,6-4-9)8(11)7-9/h3,5H,4,6-7H2,1-2H3. The Hall–Kier alpha value is -0.590. The fourth-order valence-electron chi connectivity index (χ4n) is 2.05. The average molecular weight is 150 g/mol. The molecule has 0 radical (unpaired) electrons. The topological polar surface area (TPSA) is 17.1 Å². The second-order valence-electron chi connectivity index (χ2n) is 4.50. The number of ketones is 1. The van der Waals surface area contributed by atoms with Crippen molar-refractivity contribution in [3.63, 3.8) is 0 Å². The van der Waals surface area contributed by atoms with Gasteiger partial charge in [0.15, 0.2) is 0 Å². The van der Waals surface area contributed by atoms with E-state index in [0.717, 1.165) is 12.8 Å². The summed E-state index contributed by atoms with van der Waals surface area (Å²) in [6.07, 6.45) is 7.35. The van der Waals surface area contributed by atoms with E-state index in [-0.39, 0.29) is 10.8 Å². The smallest absolute Gasteiger partial charge is 0.143 e. The minimum absolute atomic E-state index is 0.0994. The average Bonchev–Trinajstić information content (AvgIpc) is 1.94. The van der Waals surface area contributed by atoms with Gasteiger partial charge in [-0.3, -0.25) is 4.79 Å². The van der Waals surface area contributed by atoms with E-state index in [0.29, 0.717) is 5.78 Å². The molecule has 1 heteroatoms. The molecule has 11 heavy (non-hydrogen) atoms. The van der Waals surface area contributed by atoms with Crippen molar-refractivity contribution in [2.45, 2.75) is 33.1 Å². The third kappa shape index (κ3) is 0.867. The van der Waals surface area contributed by atoms with E-state index in [4.69, 9.17) is 0 Å². The Kier molecular flexibility index (Phi) is 1.14. The van der Waals surface area contributed by atoms with Crippen LogP contribution in [-0.4, -0.2) is 5.78 Å². The molecule has 0 N–H and O–H groups in total. The predicted molar refractivity (Wildman–Crippen MR) is 44.2 cm³/mol. The van der Waals surface area contributed by atoms with Gasteiger partial charge < -0.3 is 0 Å². The molecule has 3 aliphatic rings. The van der Waals surface area contributed by atoms with Crippen LogP contribution in [0.4, 0.5) is 0 Å². The number of rotatable bonds is 0. The summed E-state index contributed by atoms with van der Waals surface area (Å²) in [5.74, 6) is 0.439. The minimum atomic E-state index is -0.0994. The van der Waals surface area contributed by atoms with Crippen LogP contribution < -0.4 is 0 Å². The summed E-state index contributed by atoms with van der Waals surface area (Å²) in [5.41, 5.74) is 0.104. The number of allylic oxidation sites excluding steroid dienone is 2. The SMILES string of the molecule is CC12C=CC(C)(CC1)C(=O)C2. The zero-order valence-corrected chi connectivity index (χ0v) is 7.18. The van der Waals surface area contributed by atoms with E-state index in [9.17, 15) is 4.79 Å². The van der Waals surface area contributed by atoms with Gasteiger partial charge in [0.1, 0.15) is 5.78 Å². The van der Waals surface area contributed by atoms with Crippen LogP contribution in [0.1, 0.15) is 33.1 Å². The first-order chi connectivity index (χ1) is 5.04. The molecule has 0 amide bonds. The molecule has 0 aromatic carbocycles.